The largest absolute Gasteiger partial charge is 0.271 e. The van der Waals surface area contributed by atoms with Crippen LogP contribution in [0.1, 0.15) is 29.2 Å². The van der Waals surface area contributed by atoms with E-state index in [9.17, 15) is 13.2 Å². The van der Waals surface area contributed by atoms with Crippen molar-refractivity contribution in [1.29, 1.82) is 0 Å². The van der Waals surface area contributed by atoms with Crippen molar-refractivity contribution in [3.63, 3.8) is 0 Å². The quantitative estimate of drug-likeness (QED) is 0.456. The fourth-order valence-electron chi connectivity index (χ4n) is 4.16. The van der Waals surface area contributed by atoms with E-state index >= 15 is 0 Å². The molecule has 1 aliphatic rings. The highest BCUT2D eigenvalue weighted by atomic mass is 32.2. The molecule has 0 fully saturated rings. The Morgan fingerprint density at radius 2 is 1.81 bits per heavy atom. The number of rotatable bonds is 7. The van der Waals surface area contributed by atoms with Crippen molar-refractivity contribution in [3.8, 4) is 0 Å². The van der Waals surface area contributed by atoms with Gasteiger partial charge in [0.2, 0.25) is 10.0 Å². The molecular weight excluding hydrogens is 410 g/mol. The molecule has 31 heavy (non-hydrogen) atoms. The zero-order valence-corrected chi connectivity index (χ0v) is 18.4. The molecule has 1 N–H and O–H groups in total. The van der Waals surface area contributed by atoms with Crippen LogP contribution in [0.3, 0.4) is 0 Å². The molecule has 3 aromatic rings. The summed E-state index contributed by atoms with van der Waals surface area (Å²) in [6, 6.07) is 17.5. The summed E-state index contributed by atoms with van der Waals surface area (Å²) in [6.07, 6.45) is 5.47. The minimum Gasteiger partial charge on any atom is -0.271 e. The highest BCUT2D eigenvalue weighted by Gasteiger charge is 2.22. The Morgan fingerprint density at radius 1 is 1.06 bits per heavy atom. The smallest absolute Gasteiger partial charge is 0.260 e. The first-order valence-electron chi connectivity index (χ1n) is 10.3. The summed E-state index contributed by atoms with van der Waals surface area (Å²) < 4.78 is 25.8. The van der Waals surface area contributed by atoms with Crippen molar-refractivity contribution in [1.82, 2.24) is 5.43 Å². The number of nitrogens with one attached hydrogen (secondary N) is 1. The summed E-state index contributed by atoms with van der Waals surface area (Å²) in [5.74, 6) is -0.501. The van der Waals surface area contributed by atoms with E-state index < -0.39 is 15.9 Å². The van der Waals surface area contributed by atoms with E-state index in [1.54, 1.807) is 18.3 Å². The Balaban J connectivity index is 1.52. The molecule has 7 heteroatoms. The zero-order valence-electron chi connectivity index (χ0n) is 17.6. The van der Waals surface area contributed by atoms with Gasteiger partial charge in [0.25, 0.3) is 5.91 Å². The van der Waals surface area contributed by atoms with Crippen LogP contribution in [0.15, 0.2) is 59.7 Å². The van der Waals surface area contributed by atoms with Gasteiger partial charge >= 0.3 is 0 Å². The lowest BCUT2D eigenvalue weighted by Gasteiger charge is -2.23. The summed E-state index contributed by atoms with van der Waals surface area (Å²) in [6.45, 7) is 1.61. The van der Waals surface area contributed by atoms with E-state index in [0.717, 1.165) is 39.9 Å². The van der Waals surface area contributed by atoms with Crippen molar-refractivity contribution in [3.05, 3.63) is 76.9 Å². The fourth-order valence-corrected chi connectivity index (χ4v) is 5.04. The van der Waals surface area contributed by atoms with E-state index in [0.29, 0.717) is 12.1 Å². The van der Waals surface area contributed by atoms with Gasteiger partial charge in [-0.25, -0.2) is 13.8 Å². The highest BCUT2D eigenvalue weighted by molar-refractivity contribution is 7.92. The topological polar surface area (TPSA) is 78.8 Å². The van der Waals surface area contributed by atoms with Crippen molar-refractivity contribution >= 4 is 38.6 Å². The first-order chi connectivity index (χ1) is 14.9. The van der Waals surface area contributed by atoms with Crippen LogP contribution in [-0.2, 0) is 34.1 Å². The van der Waals surface area contributed by atoms with E-state index in [4.69, 9.17) is 0 Å². The van der Waals surface area contributed by atoms with Crippen molar-refractivity contribution < 1.29 is 13.2 Å². The lowest BCUT2D eigenvalue weighted by atomic mass is 10.0. The maximum absolute atomic E-state index is 12.5. The molecule has 0 unspecified atom stereocenters. The lowest BCUT2D eigenvalue weighted by Crippen LogP contribution is -2.39. The van der Waals surface area contributed by atoms with Crippen LogP contribution in [0.5, 0.6) is 0 Å². The SMILES string of the molecule is CCc1ccccc1N(CC(=O)N/N=C\c1ccc2c3c(cccc13)CC2)S(C)(=O)=O. The molecule has 0 atom stereocenters. The van der Waals surface area contributed by atoms with Crippen LogP contribution in [0, 0.1) is 0 Å². The van der Waals surface area contributed by atoms with Gasteiger partial charge in [-0.05, 0) is 52.8 Å². The van der Waals surface area contributed by atoms with Crippen molar-refractivity contribution in [2.24, 2.45) is 5.10 Å². The van der Waals surface area contributed by atoms with Gasteiger partial charge in [-0.15, -0.1) is 0 Å². The van der Waals surface area contributed by atoms with E-state index in [2.05, 4.69) is 28.7 Å². The fraction of sp³-hybridized carbons (Fsp3) is 0.250. The summed E-state index contributed by atoms with van der Waals surface area (Å²) in [7, 11) is -3.63. The Kier molecular flexibility index (Phi) is 5.78. The normalized spacial score (nSPS) is 13.1. The number of aryl methyl sites for hydroxylation is 3. The highest BCUT2D eigenvalue weighted by Crippen LogP contribution is 2.32. The minimum atomic E-state index is -3.63. The van der Waals surface area contributed by atoms with Gasteiger partial charge in [0.15, 0.2) is 0 Å². The molecular formula is C24H25N3O3S. The summed E-state index contributed by atoms with van der Waals surface area (Å²) in [5, 5.41) is 6.48. The molecule has 1 aliphatic carbocycles. The molecule has 0 spiro atoms. The second kappa shape index (κ2) is 8.51. The zero-order chi connectivity index (χ0) is 22.0. The second-order valence-electron chi connectivity index (χ2n) is 7.70. The number of para-hydroxylation sites is 1. The predicted molar refractivity (Wildman–Crippen MR) is 125 cm³/mol. The summed E-state index contributed by atoms with van der Waals surface area (Å²) >= 11 is 0. The Labute approximate surface area is 182 Å². The average Bonchev–Trinajstić information content (AvgIpc) is 3.17. The molecule has 3 aromatic carbocycles. The third-order valence-corrected chi connectivity index (χ3v) is 6.76. The van der Waals surface area contributed by atoms with E-state index in [-0.39, 0.29) is 6.54 Å². The predicted octanol–water partition coefficient (Wildman–Crippen LogP) is 3.42. The molecule has 4 rings (SSSR count). The van der Waals surface area contributed by atoms with Crippen LogP contribution in [0.2, 0.25) is 0 Å². The third kappa shape index (κ3) is 4.32. The number of sulfonamides is 1. The number of carbonyl (C=O) groups is 1. The van der Waals surface area contributed by atoms with Gasteiger partial charge in [-0.2, -0.15) is 5.10 Å². The Morgan fingerprint density at radius 3 is 2.55 bits per heavy atom. The second-order valence-corrected chi connectivity index (χ2v) is 9.61. The summed E-state index contributed by atoms with van der Waals surface area (Å²) in [5.41, 5.74) is 7.44. The van der Waals surface area contributed by atoms with Gasteiger partial charge < -0.3 is 0 Å². The number of nitrogens with zero attached hydrogens (tertiary/aromatic N) is 2. The first kappa shape index (κ1) is 21.1. The molecule has 0 aliphatic heterocycles. The van der Waals surface area contributed by atoms with Crippen LogP contribution >= 0.6 is 0 Å². The van der Waals surface area contributed by atoms with Gasteiger partial charge in [-0.1, -0.05) is 55.5 Å². The average molecular weight is 436 g/mol. The Bertz CT molecular complexity index is 1270. The van der Waals surface area contributed by atoms with Crippen LogP contribution in [0.4, 0.5) is 5.69 Å². The number of hydrogen-bond donors (Lipinski definition) is 1. The number of hydrazone groups is 1. The third-order valence-electron chi connectivity index (χ3n) is 5.63. The number of hydrogen-bond acceptors (Lipinski definition) is 4. The van der Waals surface area contributed by atoms with Gasteiger partial charge in [0.05, 0.1) is 18.2 Å². The maximum atomic E-state index is 12.5. The molecule has 0 bridgehead atoms. The first-order valence-corrected chi connectivity index (χ1v) is 12.1. The molecule has 6 nitrogen and oxygen atoms in total. The van der Waals surface area contributed by atoms with Crippen molar-refractivity contribution in [2.45, 2.75) is 26.2 Å². The van der Waals surface area contributed by atoms with Crippen molar-refractivity contribution in [2.75, 3.05) is 17.1 Å². The van der Waals surface area contributed by atoms with Gasteiger partial charge in [0, 0.05) is 5.56 Å². The monoisotopic (exact) mass is 435 g/mol. The molecule has 0 radical (unpaired) electrons. The standard InChI is InChI=1S/C24H25N3O3S/c1-3-17-7-4-5-10-22(17)27(31(2,29)30)16-23(28)26-25-15-20-14-13-19-12-11-18-8-6-9-21(20)24(18)19/h4-10,13-15H,3,11-12,16H2,1-2H3,(H,26,28)/b25-15-. The molecule has 0 heterocycles. The van der Waals surface area contributed by atoms with Gasteiger partial charge in [-0.3, -0.25) is 9.10 Å². The van der Waals surface area contributed by atoms with Crippen LogP contribution in [-0.4, -0.2) is 33.3 Å². The number of carbonyl (C=O) groups excluding carboxylic acids is 1. The van der Waals surface area contributed by atoms with E-state index in [1.165, 1.54) is 16.5 Å². The van der Waals surface area contributed by atoms with Crippen LogP contribution < -0.4 is 9.73 Å². The van der Waals surface area contributed by atoms with Gasteiger partial charge in [0.1, 0.15) is 6.54 Å². The number of amides is 1. The maximum Gasteiger partial charge on any atom is 0.260 e. The molecule has 0 aromatic heterocycles. The number of anilines is 1. The molecule has 160 valence electrons. The lowest BCUT2D eigenvalue weighted by molar-refractivity contribution is -0.119. The summed E-state index contributed by atoms with van der Waals surface area (Å²) in [4.78, 5) is 12.5. The molecule has 0 saturated heterocycles. The molecule has 0 saturated carbocycles. The Hall–Kier alpha value is -3.19. The van der Waals surface area contributed by atoms with Crippen LogP contribution in [0.25, 0.3) is 10.8 Å². The number of benzene rings is 3. The molecule has 1 amide bonds. The minimum absolute atomic E-state index is 0.336. The van der Waals surface area contributed by atoms with E-state index in [1.807, 2.05) is 31.2 Å².